The lowest BCUT2D eigenvalue weighted by Crippen LogP contribution is -2.33. The number of sulfone groups is 1. The molecule has 1 aromatic heterocycles. The normalized spacial score (nSPS) is 24.5. The fraction of sp³-hybridized carbons (Fsp3) is 0.846. The number of aromatic nitrogens is 3. The molecule has 1 fully saturated rings. The summed E-state index contributed by atoms with van der Waals surface area (Å²) in [6, 6.07) is 0.257. The van der Waals surface area contributed by atoms with Gasteiger partial charge in [0.05, 0.1) is 28.9 Å². The quantitative estimate of drug-likeness (QED) is 0.816. The van der Waals surface area contributed by atoms with Gasteiger partial charge in [-0.15, -0.1) is 5.10 Å². The first-order valence-electron chi connectivity index (χ1n) is 7.03. The van der Waals surface area contributed by atoms with E-state index in [1.807, 2.05) is 10.9 Å². The van der Waals surface area contributed by atoms with Crippen LogP contribution in [0.5, 0.6) is 0 Å². The predicted molar refractivity (Wildman–Crippen MR) is 78.2 cm³/mol. The van der Waals surface area contributed by atoms with Crippen LogP contribution in [0, 0.1) is 0 Å². The van der Waals surface area contributed by atoms with Gasteiger partial charge in [-0.2, -0.15) is 0 Å². The lowest BCUT2D eigenvalue weighted by molar-refractivity contribution is 0.210. The van der Waals surface area contributed by atoms with Crippen LogP contribution in [0.3, 0.4) is 0 Å². The first kappa shape index (κ1) is 15.4. The lowest BCUT2D eigenvalue weighted by atomic mass is 10.1. The van der Waals surface area contributed by atoms with E-state index in [0.717, 1.165) is 5.69 Å². The molecule has 1 aliphatic rings. The van der Waals surface area contributed by atoms with Crippen molar-refractivity contribution < 1.29 is 8.42 Å². The molecule has 0 N–H and O–H groups in total. The summed E-state index contributed by atoms with van der Waals surface area (Å²) in [5.74, 6) is 0.532. The molecule has 1 aliphatic heterocycles. The Morgan fingerprint density at radius 1 is 1.35 bits per heavy atom. The lowest BCUT2D eigenvalue weighted by Gasteiger charge is -2.25. The molecule has 1 unspecified atom stereocenters. The Balaban J connectivity index is 2.07. The van der Waals surface area contributed by atoms with Crippen molar-refractivity contribution in [1.82, 2.24) is 19.9 Å². The van der Waals surface area contributed by atoms with Crippen molar-refractivity contribution in [3.05, 3.63) is 11.9 Å². The number of hydrogen-bond acceptors (Lipinski definition) is 5. The maximum absolute atomic E-state index is 11.7. The molecule has 0 aromatic carbocycles. The number of rotatable bonds is 2. The van der Waals surface area contributed by atoms with Crippen LogP contribution in [0.2, 0.25) is 0 Å². The van der Waals surface area contributed by atoms with Crippen LogP contribution in [0.15, 0.2) is 6.20 Å². The van der Waals surface area contributed by atoms with Gasteiger partial charge in [0.25, 0.3) is 0 Å². The highest BCUT2D eigenvalue weighted by atomic mass is 32.2. The molecule has 7 heteroatoms. The van der Waals surface area contributed by atoms with Gasteiger partial charge in [-0.3, -0.25) is 4.90 Å². The van der Waals surface area contributed by atoms with Crippen LogP contribution in [0.4, 0.5) is 0 Å². The Bertz CT molecular complexity index is 559. The topological polar surface area (TPSA) is 68.1 Å². The molecule has 1 atom stereocenters. The van der Waals surface area contributed by atoms with Gasteiger partial charge < -0.3 is 0 Å². The standard InChI is InChI=1S/C13H24N4O2S/c1-11-5-7-20(18,19)8-6-16(11)9-12-10-17(15-14-12)13(2,3)4/h10-11H,5-9H2,1-4H3. The summed E-state index contributed by atoms with van der Waals surface area (Å²) < 4.78 is 25.2. The van der Waals surface area contributed by atoms with E-state index in [-0.39, 0.29) is 17.3 Å². The maximum Gasteiger partial charge on any atom is 0.151 e. The van der Waals surface area contributed by atoms with Crippen molar-refractivity contribution in [2.45, 2.75) is 52.2 Å². The average molecular weight is 300 g/mol. The predicted octanol–water partition coefficient (Wildman–Crippen LogP) is 1.04. The molecular weight excluding hydrogens is 276 g/mol. The van der Waals surface area contributed by atoms with Gasteiger partial charge in [0.1, 0.15) is 0 Å². The van der Waals surface area contributed by atoms with E-state index in [1.54, 1.807) is 0 Å². The van der Waals surface area contributed by atoms with Gasteiger partial charge >= 0.3 is 0 Å². The minimum absolute atomic E-state index is 0.0843. The molecule has 0 aliphatic carbocycles. The van der Waals surface area contributed by atoms with E-state index in [0.29, 0.717) is 25.3 Å². The van der Waals surface area contributed by atoms with Crippen molar-refractivity contribution in [1.29, 1.82) is 0 Å². The minimum atomic E-state index is -2.88. The second-order valence-electron chi connectivity index (χ2n) is 6.59. The molecule has 2 rings (SSSR count). The number of nitrogens with zero attached hydrogens (tertiary/aromatic N) is 4. The van der Waals surface area contributed by atoms with Gasteiger partial charge in [0.15, 0.2) is 9.84 Å². The molecule has 6 nitrogen and oxygen atoms in total. The van der Waals surface area contributed by atoms with Crippen LogP contribution in [0.25, 0.3) is 0 Å². The monoisotopic (exact) mass is 300 g/mol. The zero-order chi connectivity index (χ0) is 15.0. The van der Waals surface area contributed by atoms with Crippen molar-refractivity contribution in [3.63, 3.8) is 0 Å². The van der Waals surface area contributed by atoms with Gasteiger partial charge in [-0.1, -0.05) is 5.21 Å². The number of hydrogen-bond donors (Lipinski definition) is 0. The smallest absolute Gasteiger partial charge is 0.151 e. The minimum Gasteiger partial charge on any atom is -0.294 e. The zero-order valence-electron chi connectivity index (χ0n) is 12.7. The Labute approximate surface area is 121 Å². The van der Waals surface area contributed by atoms with Gasteiger partial charge in [-0.25, -0.2) is 13.1 Å². The Hall–Kier alpha value is -0.950. The van der Waals surface area contributed by atoms with Crippen molar-refractivity contribution in [3.8, 4) is 0 Å². The Kier molecular flexibility index (Phi) is 4.20. The van der Waals surface area contributed by atoms with Crippen molar-refractivity contribution >= 4 is 9.84 Å². The second kappa shape index (κ2) is 5.44. The molecule has 0 amide bonds. The van der Waals surface area contributed by atoms with Crippen molar-refractivity contribution in [2.24, 2.45) is 0 Å². The molecule has 114 valence electrons. The molecule has 0 radical (unpaired) electrons. The van der Waals surface area contributed by atoms with E-state index in [9.17, 15) is 8.42 Å². The summed E-state index contributed by atoms with van der Waals surface area (Å²) in [4.78, 5) is 2.18. The Morgan fingerprint density at radius 2 is 2.05 bits per heavy atom. The van der Waals surface area contributed by atoms with E-state index >= 15 is 0 Å². The largest absolute Gasteiger partial charge is 0.294 e. The van der Waals surface area contributed by atoms with Gasteiger partial charge in [0.2, 0.25) is 0 Å². The molecule has 0 bridgehead atoms. The molecule has 0 saturated carbocycles. The fourth-order valence-corrected chi connectivity index (χ4v) is 3.67. The van der Waals surface area contributed by atoms with E-state index in [2.05, 4.69) is 42.9 Å². The van der Waals surface area contributed by atoms with Crippen LogP contribution in [0.1, 0.15) is 39.8 Å². The van der Waals surface area contributed by atoms with Gasteiger partial charge in [0, 0.05) is 19.1 Å². The average Bonchev–Trinajstić information content (AvgIpc) is 2.75. The van der Waals surface area contributed by atoms with Crippen LogP contribution >= 0.6 is 0 Å². The molecule has 20 heavy (non-hydrogen) atoms. The maximum atomic E-state index is 11.7. The summed E-state index contributed by atoms with van der Waals surface area (Å²) in [5.41, 5.74) is 0.810. The first-order valence-corrected chi connectivity index (χ1v) is 8.86. The summed E-state index contributed by atoms with van der Waals surface area (Å²) >= 11 is 0. The third-order valence-electron chi connectivity index (χ3n) is 3.75. The zero-order valence-corrected chi connectivity index (χ0v) is 13.5. The van der Waals surface area contributed by atoms with Crippen LogP contribution < -0.4 is 0 Å². The third kappa shape index (κ3) is 3.79. The van der Waals surface area contributed by atoms with E-state index < -0.39 is 9.84 Å². The first-order chi connectivity index (χ1) is 9.17. The van der Waals surface area contributed by atoms with Crippen molar-refractivity contribution in [2.75, 3.05) is 18.1 Å². The SMILES string of the molecule is CC1CCS(=O)(=O)CCN1Cc1cn(C(C)(C)C)nn1. The summed E-state index contributed by atoms with van der Waals surface area (Å²) in [5, 5.41) is 8.35. The highest BCUT2D eigenvalue weighted by molar-refractivity contribution is 7.91. The summed E-state index contributed by atoms with van der Waals surface area (Å²) in [6.07, 6.45) is 2.64. The molecular formula is C13H24N4O2S. The highest BCUT2D eigenvalue weighted by Gasteiger charge is 2.25. The summed E-state index contributed by atoms with van der Waals surface area (Å²) in [6.45, 7) is 9.54. The van der Waals surface area contributed by atoms with Crippen LogP contribution in [-0.4, -0.2) is 52.4 Å². The second-order valence-corrected chi connectivity index (χ2v) is 8.89. The van der Waals surface area contributed by atoms with Gasteiger partial charge in [-0.05, 0) is 34.1 Å². The molecule has 2 heterocycles. The van der Waals surface area contributed by atoms with Crippen LogP contribution in [-0.2, 0) is 21.9 Å². The summed E-state index contributed by atoms with van der Waals surface area (Å²) in [7, 11) is -2.88. The highest BCUT2D eigenvalue weighted by Crippen LogP contribution is 2.16. The molecule has 1 aromatic rings. The molecule has 1 saturated heterocycles. The van der Waals surface area contributed by atoms with E-state index in [1.165, 1.54) is 0 Å². The van der Waals surface area contributed by atoms with E-state index in [4.69, 9.17) is 0 Å². The fourth-order valence-electron chi connectivity index (χ4n) is 2.25. The Morgan fingerprint density at radius 3 is 2.65 bits per heavy atom. The molecule has 0 spiro atoms. The third-order valence-corrected chi connectivity index (χ3v) is 5.41.